The summed E-state index contributed by atoms with van der Waals surface area (Å²) in [6, 6.07) is 16.0. The van der Waals surface area contributed by atoms with Crippen molar-refractivity contribution in [3.8, 4) is 5.75 Å². The van der Waals surface area contributed by atoms with Crippen LogP contribution in [0, 0.1) is 0 Å². The number of rotatable bonds is 5. The van der Waals surface area contributed by atoms with Gasteiger partial charge in [-0.3, -0.25) is 9.59 Å². The zero-order chi connectivity index (χ0) is 24.9. The second kappa shape index (κ2) is 8.96. The minimum atomic E-state index is -1.06. The molecule has 0 spiro atoms. The number of ether oxygens (including phenoxy) is 2. The second-order valence-corrected chi connectivity index (χ2v) is 10.4. The first-order valence-corrected chi connectivity index (χ1v) is 13.0. The highest BCUT2D eigenvalue weighted by molar-refractivity contribution is 6.04. The van der Waals surface area contributed by atoms with Crippen molar-refractivity contribution in [2.75, 3.05) is 20.3 Å². The number of benzene rings is 2. The van der Waals surface area contributed by atoms with Gasteiger partial charge in [-0.2, -0.15) is 0 Å². The Morgan fingerprint density at radius 2 is 2.03 bits per heavy atom. The van der Waals surface area contributed by atoms with E-state index in [9.17, 15) is 9.59 Å². The standard InChI is InChI=1S/C29H33N3O4/c1-29(28(34)30-17-22-9-6-14-36-22)18-31-25-16-21(35-2)13-12-20(25)15-26(31)27(33)32(29)24-11-5-8-19-7-3-4-10-23(19)24/h3-4,7,10,12-13,15-16,22,24H,5-6,8-9,11,14,17-18H2,1-2H3,(H,30,34)/t22-,24+,29+/m0/s1. The lowest BCUT2D eigenvalue weighted by Gasteiger charge is -2.49. The molecule has 0 radical (unpaired) electrons. The Morgan fingerprint density at radius 3 is 2.83 bits per heavy atom. The third-order valence-corrected chi connectivity index (χ3v) is 8.20. The first kappa shape index (κ1) is 23.1. The molecule has 1 aromatic heterocycles. The van der Waals surface area contributed by atoms with Crippen molar-refractivity contribution < 1.29 is 19.1 Å². The van der Waals surface area contributed by atoms with Gasteiger partial charge in [-0.05, 0) is 68.4 Å². The van der Waals surface area contributed by atoms with Crippen LogP contribution in [0.25, 0.3) is 10.9 Å². The summed E-state index contributed by atoms with van der Waals surface area (Å²) in [4.78, 5) is 30.2. The summed E-state index contributed by atoms with van der Waals surface area (Å²) in [7, 11) is 1.64. The number of fused-ring (bicyclic) bond motifs is 4. The lowest BCUT2D eigenvalue weighted by atomic mass is 9.82. The molecule has 3 aliphatic rings. The van der Waals surface area contributed by atoms with E-state index in [2.05, 4.69) is 23.5 Å². The van der Waals surface area contributed by atoms with Crippen molar-refractivity contribution in [3.63, 3.8) is 0 Å². The molecule has 1 fully saturated rings. The van der Waals surface area contributed by atoms with Crippen molar-refractivity contribution in [2.45, 2.75) is 63.3 Å². The molecule has 7 heteroatoms. The molecule has 2 amide bonds. The van der Waals surface area contributed by atoms with E-state index >= 15 is 0 Å². The molecule has 3 heterocycles. The SMILES string of the molecule is COc1ccc2cc3n(c2c1)C[C@](C)(C(=O)NC[C@@H]1CCCO1)N([C@@H]1CCCc2ccccc21)C3=O. The lowest BCUT2D eigenvalue weighted by Crippen LogP contribution is -2.65. The van der Waals surface area contributed by atoms with Gasteiger partial charge in [-0.25, -0.2) is 0 Å². The molecule has 0 saturated carbocycles. The van der Waals surface area contributed by atoms with E-state index in [-0.39, 0.29) is 24.0 Å². The molecule has 7 nitrogen and oxygen atoms in total. The number of aryl methyl sites for hydroxylation is 1. The van der Waals surface area contributed by atoms with E-state index < -0.39 is 5.54 Å². The van der Waals surface area contributed by atoms with E-state index in [4.69, 9.17) is 9.47 Å². The van der Waals surface area contributed by atoms with Gasteiger partial charge in [0.1, 0.15) is 17.0 Å². The van der Waals surface area contributed by atoms with Crippen LogP contribution in [-0.2, 0) is 22.5 Å². The molecule has 3 aromatic rings. The van der Waals surface area contributed by atoms with E-state index in [1.54, 1.807) is 7.11 Å². The number of nitrogens with zero attached hydrogens (tertiary/aromatic N) is 2. The number of methoxy groups -OCH3 is 1. The minimum Gasteiger partial charge on any atom is -0.497 e. The summed E-state index contributed by atoms with van der Waals surface area (Å²) in [5, 5.41) is 4.11. The number of carbonyl (C=O) groups is 2. The summed E-state index contributed by atoms with van der Waals surface area (Å²) < 4.78 is 13.2. The maximum Gasteiger partial charge on any atom is 0.271 e. The molecular formula is C29H33N3O4. The van der Waals surface area contributed by atoms with E-state index in [0.717, 1.165) is 60.9 Å². The van der Waals surface area contributed by atoms with Crippen molar-refractivity contribution in [3.05, 3.63) is 65.4 Å². The highest BCUT2D eigenvalue weighted by atomic mass is 16.5. The van der Waals surface area contributed by atoms with Crippen LogP contribution in [0.5, 0.6) is 5.75 Å². The number of hydrogen-bond donors (Lipinski definition) is 1. The molecule has 1 N–H and O–H groups in total. The number of aromatic nitrogens is 1. The zero-order valence-corrected chi connectivity index (χ0v) is 21.0. The molecule has 2 aromatic carbocycles. The largest absolute Gasteiger partial charge is 0.497 e. The van der Waals surface area contributed by atoms with Gasteiger partial charge in [0.25, 0.3) is 5.91 Å². The summed E-state index contributed by atoms with van der Waals surface area (Å²) in [5.74, 6) is 0.488. The fraction of sp³-hybridized carbons (Fsp3) is 0.448. The normalized spacial score (nSPS) is 25.5. The maximum absolute atomic E-state index is 14.3. The topological polar surface area (TPSA) is 72.8 Å². The predicted octanol–water partition coefficient (Wildman–Crippen LogP) is 4.24. The summed E-state index contributed by atoms with van der Waals surface area (Å²) in [6.07, 6.45) is 4.82. The molecule has 0 bridgehead atoms. The van der Waals surface area contributed by atoms with Gasteiger partial charge in [-0.1, -0.05) is 24.3 Å². The Bertz CT molecular complexity index is 1330. The summed E-state index contributed by atoms with van der Waals surface area (Å²) in [6.45, 7) is 3.50. The Morgan fingerprint density at radius 1 is 1.17 bits per heavy atom. The van der Waals surface area contributed by atoms with Crippen LogP contribution in [0.2, 0.25) is 0 Å². The minimum absolute atomic E-state index is 0.0351. The molecule has 188 valence electrons. The highest BCUT2D eigenvalue weighted by Crippen LogP contribution is 2.43. The number of carbonyl (C=O) groups excluding carboxylic acids is 2. The zero-order valence-electron chi connectivity index (χ0n) is 21.0. The molecule has 6 rings (SSSR count). The van der Waals surface area contributed by atoms with Gasteiger partial charge >= 0.3 is 0 Å². The molecule has 0 unspecified atom stereocenters. The van der Waals surface area contributed by atoms with Crippen molar-refractivity contribution in [1.29, 1.82) is 0 Å². The van der Waals surface area contributed by atoms with Crippen LogP contribution in [0.4, 0.5) is 0 Å². The van der Waals surface area contributed by atoms with Crippen LogP contribution in [-0.4, -0.2) is 53.2 Å². The summed E-state index contributed by atoms with van der Waals surface area (Å²) in [5.41, 5.74) is 2.87. The highest BCUT2D eigenvalue weighted by Gasteiger charge is 2.51. The molecule has 3 atom stereocenters. The monoisotopic (exact) mass is 487 g/mol. The van der Waals surface area contributed by atoms with E-state index in [0.29, 0.717) is 18.8 Å². The van der Waals surface area contributed by atoms with E-state index in [1.165, 1.54) is 5.56 Å². The Hall–Kier alpha value is -3.32. The van der Waals surface area contributed by atoms with E-state index in [1.807, 2.05) is 46.7 Å². The summed E-state index contributed by atoms with van der Waals surface area (Å²) >= 11 is 0. The Balaban J connectivity index is 1.45. The van der Waals surface area contributed by atoms with Crippen LogP contribution >= 0.6 is 0 Å². The van der Waals surface area contributed by atoms with Gasteiger partial charge in [0.15, 0.2) is 0 Å². The average molecular weight is 488 g/mol. The second-order valence-electron chi connectivity index (χ2n) is 10.4. The fourth-order valence-electron chi connectivity index (χ4n) is 6.31. The predicted molar refractivity (Wildman–Crippen MR) is 137 cm³/mol. The third-order valence-electron chi connectivity index (χ3n) is 8.20. The van der Waals surface area contributed by atoms with Crippen molar-refractivity contribution in [1.82, 2.24) is 14.8 Å². The molecular weight excluding hydrogens is 454 g/mol. The quantitative estimate of drug-likeness (QED) is 0.584. The van der Waals surface area contributed by atoms with Gasteiger partial charge in [-0.15, -0.1) is 0 Å². The number of nitrogens with one attached hydrogen (secondary N) is 1. The third kappa shape index (κ3) is 3.68. The van der Waals surface area contributed by atoms with Crippen LogP contribution in [0.15, 0.2) is 48.5 Å². The molecule has 2 aliphatic heterocycles. The smallest absolute Gasteiger partial charge is 0.271 e. The molecule has 36 heavy (non-hydrogen) atoms. The van der Waals surface area contributed by atoms with Gasteiger partial charge in [0.2, 0.25) is 5.91 Å². The van der Waals surface area contributed by atoms with Crippen molar-refractivity contribution in [2.24, 2.45) is 0 Å². The van der Waals surface area contributed by atoms with Gasteiger partial charge < -0.3 is 24.3 Å². The van der Waals surface area contributed by atoms with Crippen LogP contribution in [0.1, 0.15) is 60.3 Å². The Kier molecular flexibility index (Phi) is 5.75. The lowest BCUT2D eigenvalue weighted by molar-refractivity contribution is -0.135. The first-order chi connectivity index (χ1) is 17.5. The number of amides is 2. The average Bonchev–Trinajstić information content (AvgIpc) is 3.55. The number of hydrogen-bond acceptors (Lipinski definition) is 4. The van der Waals surface area contributed by atoms with Gasteiger partial charge in [0, 0.05) is 24.6 Å². The maximum atomic E-state index is 14.3. The van der Waals surface area contributed by atoms with Crippen LogP contribution < -0.4 is 10.1 Å². The molecule has 1 saturated heterocycles. The first-order valence-electron chi connectivity index (χ1n) is 13.0. The Labute approximate surface area is 211 Å². The fourth-order valence-corrected chi connectivity index (χ4v) is 6.31. The van der Waals surface area contributed by atoms with Crippen molar-refractivity contribution >= 4 is 22.7 Å². The van der Waals surface area contributed by atoms with Crippen LogP contribution in [0.3, 0.4) is 0 Å². The molecule has 1 aliphatic carbocycles. The van der Waals surface area contributed by atoms with Gasteiger partial charge in [0.05, 0.1) is 31.3 Å².